The number of hydrogen-bond donors (Lipinski definition) is 1. The van der Waals surface area contributed by atoms with Crippen molar-refractivity contribution in [3.63, 3.8) is 0 Å². The Labute approximate surface area is 98.1 Å². The Kier molecular flexibility index (Phi) is 4.33. The summed E-state index contributed by atoms with van der Waals surface area (Å²) in [6, 6.07) is -0.0357. The summed E-state index contributed by atoms with van der Waals surface area (Å²) >= 11 is 0. The number of rotatable bonds is 3. The molecular weight excluding hydrogens is 204 g/mol. The second kappa shape index (κ2) is 5.15. The van der Waals surface area contributed by atoms with E-state index in [0.29, 0.717) is 0 Å². The molecule has 2 atom stereocenters. The lowest BCUT2D eigenvalue weighted by molar-refractivity contribution is -0.145. The van der Waals surface area contributed by atoms with Crippen molar-refractivity contribution in [2.24, 2.45) is 11.1 Å². The Morgan fingerprint density at radius 1 is 1.50 bits per heavy atom. The Balaban J connectivity index is 2.53. The third-order valence-electron chi connectivity index (χ3n) is 3.06. The predicted octanol–water partition coefficient (Wildman–Crippen LogP) is 0.997. The topological polar surface area (TPSA) is 55.6 Å². The Morgan fingerprint density at radius 3 is 2.62 bits per heavy atom. The molecule has 0 amide bonds. The summed E-state index contributed by atoms with van der Waals surface area (Å²) in [7, 11) is 1.44. The molecule has 0 radical (unpaired) electrons. The highest BCUT2D eigenvalue weighted by Crippen LogP contribution is 2.23. The first-order valence-electron chi connectivity index (χ1n) is 5.91. The van der Waals surface area contributed by atoms with E-state index < -0.39 is 0 Å². The second-order valence-corrected chi connectivity index (χ2v) is 5.84. The van der Waals surface area contributed by atoms with Crippen molar-refractivity contribution in [3.05, 3.63) is 0 Å². The molecule has 4 nitrogen and oxygen atoms in total. The molecule has 94 valence electrons. The number of carbonyl (C=O) groups excluding carboxylic acids is 1. The standard InChI is InChI=1S/C12H24N2O2/c1-12(2,3)5-6-14-8-9(13)7-10(14)11(15)16-4/h9-10H,5-8,13H2,1-4H3/t9-,10?/m0/s1. The van der Waals surface area contributed by atoms with Gasteiger partial charge in [0.05, 0.1) is 7.11 Å². The van der Waals surface area contributed by atoms with Crippen LogP contribution in [-0.4, -0.2) is 43.2 Å². The Morgan fingerprint density at radius 2 is 2.12 bits per heavy atom. The lowest BCUT2D eigenvalue weighted by Crippen LogP contribution is -2.38. The van der Waals surface area contributed by atoms with Gasteiger partial charge in [-0.1, -0.05) is 20.8 Å². The van der Waals surface area contributed by atoms with Crippen LogP contribution in [0.25, 0.3) is 0 Å². The molecule has 1 aliphatic heterocycles. The van der Waals surface area contributed by atoms with Crippen LogP contribution in [0.15, 0.2) is 0 Å². The van der Waals surface area contributed by atoms with Crippen LogP contribution >= 0.6 is 0 Å². The minimum atomic E-state index is -0.151. The third-order valence-corrected chi connectivity index (χ3v) is 3.06. The van der Waals surface area contributed by atoms with Crippen LogP contribution in [0.1, 0.15) is 33.6 Å². The molecule has 0 spiro atoms. The van der Waals surface area contributed by atoms with Crippen molar-refractivity contribution in [3.8, 4) is 0 Å². The molecule has 0 saturated carbocycles. The number of nitrogens with zero attached hydrogens (tertiary/aromatic N) is 1. The average Bonchev–Trinajstić information content (AvgIpc) is 2.54. The zero-order valence-electron chi connectivity index (χ0n) is 10.8. The molecular formula is C12H24N2O2. The molecule has 1 aliphatic rings. The fourth-order valence-electron chi connectivity index (χ4n) is 2.05. The van der Waals surface area contributed by atoms with Crippen LogP contribution in [0.2, 0.25) is 0 Å². The van der Waals surface area contributed by atoms with Crippen molar-refractivity contribution >= 4 is 5.97 Å². The van der Waals surface area contributed by atoms with E-state index in [1.165, 1.54) is 7.11 Å². The number of carbonyl (C=O) groups is 1. The summed E-state index contributed by atoms with van der Waals surface area (Å²) in [6.07, 6.45) is 1.78. The molecule has 0 aromatic carbocycles. The van der Waals surface area contributed by atoms with Gasteiger partial charge in [0.2, 0.25) is 0 Å². The van der Waals surface area contributed by atoms with Crippen molar-refractivity contribution in [1.29, 1.82) is 0 Å². The van der Waals surface area contributed by atoms with Crippen molar-refractivity contribution in [1.82, 2.24) is 4.90 Å². The smallest absolute Gasteiger partial charge is 0.323 e. The van der Waals surface area contributed by atoms with Gasteiger partial charge < -0.3 is 10.5 Å². The molecule has 2 N–H and O–H groups in total. The van der Waals surface area contributed by atoms with Crippen molar-refractivity contribution in [2.75, 3.05) is 20.2 Å². The monoisotopic (exact) mass is 228 g/mol. The number of methoxy groups -OCH3 is 1. The summed E-state index contributed by atoms with van der Waals surface area (Å²) in [5.41, 5.74) is 6.18. The molecule has 1 saturated heterocycles. The van der Waals surface area contributed by atoms with Gasteiger partial charge >= 0.3 is 5.97 Å². The van der Waals surface area contributed by atoms with Crippen LogP contribution in [0, 0.1) is 5.41 Å². The van der Waals surface area contributed by atoms with Crippen molar-refractivity contribution < 1.29 is 9.53 Å². The first kappa shape index (κ1) is 13.5. The lowest BCUT2D eigenvalue weighted by atomic mass is 9.92. The van der Waals surface area contributed by atoms with E-state index in [0.717, 1.165) is 25.9 Å². The van der Waals surface area contributed by atoms with E-state index in [-0.39, 0.29) is 23.5 Å². The van der Waals surface area contributed by atoms with Gasteiger partial charge in [-0.05, 0) is 24.8 Å². The normalized spacial score (nSPS) is 27.1. The fraction of sp³-hybridized carbons (Fsp3) is 0.917. The first-order chi connectivity index (χ1) is 7.33. The maximum atomic E-state index is 11.6. The van der Waals surface area contributed by atoms with E-state index in [1.54, 1.807) is 0 Å². The Bertz CT molecular complexity index is 248. The number of likely N-dealkylation sites (tertiary alicyclic amines) is 1. The maximum absolute atomic E-state index is 11.6. The van der Waals surface area contributed by atoms with Crippen LogP contribution in [0.4, 0.5) is 0 Å². The van der Waals surface area contributed by atoms with Crippen molar-refractivity contribution in [2.45, 2.75) is 45.7 Å². The van der Waals surface area contributed by atoms with Gasteiger partial charge in [-0.25, -0.2) is 0 Å². The van der Waals surface area contributed by atoms with Gasteiger partial charge in [-0.15, -0.1) is 0 Å². The minimum Gasteiger partial charge on any atom is -0.468 e. The summed E-state index contributed by atoms with van der Waals surface area (Å²) in [4.78, 5) is 13.7. The molecule has 4 heteroatoms. The minimum absolute atomic E-state index is 0.101. The van der Waals surface area contributed by atoms with E-state index in [2.05, 4.69) is 25.7 Å². The zero-order valence-corrected chi connectivity index (χ0v) is 10.8. The van der Waals surface area contributed by atoms with E-state index in [1.807, 2.05) is 0 Å². The van der Waals surface area contributed by atoms with Crippen LogP contribution < -0.4 is 5.73 Å². The van der Waals surface area contributed by atoms with Gasteiger partial charge in [-0.3, -0.25) is 9.69 Å². The van der Waals surface area contributed by atoms with Crippen LogP contribution in [-0.2, 0) is 9.53 Å². The Hall–Kier alpha value is -0.610. The highest BCUT2D eigenvalue weighted by atomic mass is 16.5. The highest BCUT2D eigenvalue weighted by Gasteiger charge is 2.35. The SMILES string of the molecule is COC(=O)C1C[C@H](N)CN1CCC(C)(C)C. The third kappa shape index (κ3) is 3.76. The van der Waals surface area contributed by atoms with Gasteiger partial charge in [-0.2, -0.15) is 0 Å². The first-order valence-corrected chi connectivity index (χ1v) is 5.91. The summed E-state index contributed by atoms with van der Waals surface area (Å²) in [5, 5.41) is 0. The van der Waals surface area contributed by atoms with Crippen LogP contribution in [0.3, 0.4) is 0 Å². The van der Waals surface area contributed by atoms with E-state index >= 15 is 0 Å². The predicted molar refractivity (Wildman–Crippen MR) is 64.0 cm³/mol. The second-order valence-electron chi connectivity index (χ2n) is 5.84. The summed E-state index contributed by atoms with van der Waals surface area (Å²) in [6.45, 7) is 8.33. The molecule has 1 fully saturated rings. The maximum Gasteiger partial charge on any atom is 0.323 e. The molecule has 0 bridgehead atoms. The lowest BCUT2D eigenvalue weighted by Gasteiger charge is -2.26. The van der Waals surface area contributed by atoms with Gasteiger partial charge in [0, 0.05) is 12.6 Å². The van der Waals surface area contributed by atoms with Gasteiger partial charge in [0.25, 0.3) is 0 Å². The number of hydrogen-bond acceptors (Lipinski definition) is 4. The highest BCUT2D eigenvalue weighted by molar-refractivity contribution is 5.76. The van der Waals surface area contributed by atoms with E-state index in [4.69, 9.17) is 10.5 Å². The van der Waals surface area contributed by atoms with Gasteiger partial charge in [0.1, 0.15) is 6.04 Å². The molecule has 1 rings (SSSR count). The molecule has 0 aliphatic carbocycles. The number of ether oxygens (including phenoxy) is 1. The zero-order chi connectivity index (χ0) is 12.3. The number of esters is 1. The summed E-state index contributed by atoms with van der Waals surface area (Å²) < 4.78 is 4.81. The number of nitrogens with two attached hydrogens (primary N) is 1. The molecule has 16 heavy (non-hydrogen) atoms. The quantitative estimate of drug-likeness (QED) is 0.732. The molecule has 0 aromatic heterocycles. The molecule has 1 unspecified atom stereocenters. The van der Waals surface area contributed by atoms with Gasteiger partial charge in [0.15, 0.2) is 0 Å². The van der Waals surface area contributed by atoms with Crippen LogP contribution in [0.5, 0.6) is 0 Å². The molecule has 1 heterocycles. The fourth-order valence-corrected chi connectivity index (χ4v) is 2.05. The molecule has 0 aromatic rings. The van der Waals surface area contributed by atoms with E-state index in [9.17, 15) is 4.79 Å². The largest absolute Gasteiger partial charge is 0.468 e. The summed E-state index contributed by atoms with van der Waals surface area (Å²) in [5.74, 6) is -0.151. The average molecular weight is 228 g/mol.